The van der Waals surface area contributed by atoms with E-state index in [4.69, 9.17) is 0 Å². The maximum Gasteiger partial charge on any atom is 0 e. The summed E-state index contributed by atoms with van der Waals surface area (Å²) in [6, 6.07) is 0. The average Bonchev–Trinajstić information content (AvgIpc) is 0. The zero-order chi connectivity index (χ0) is 0. The van der Waals surface area contributed by atoms with E-state index in [1.165, 1.54) is 0 Å². The molecule has 0 aliphatic heterocycles. The van der Waals surface area contributed by atoms with E-state index in [1.807, 2.05) is 0 Å². The standard InChI is InChI=1S/11H2O.7V/h11*1H2;;;;;;;. The van der Waals surface area contributed by atoms with Crippen molar-refractivity contribution in [2.24, 2.45) is 0 Å². The minimum absolute atomic E-state index is 0. The molecule has 0 rings (SSSR count). The first-order valence-electron chi connectivity index (χ1n) is 0. The van der Waals surface area contributed by atoms with Gasteiger partial charge in [-0.2, -0.15) is 0 Å². The Bertz CT molecular complexity index is 17.4. The van der Waals surface area contributed by atoms with E-state index in [0.717, 1.165) is 0 Å². The summed E-state index contributed by atoms with van der Waals surface area (Å²) in [6.07, 6.45) is 0. The van der Waals surface area contributed by atoms with Crippen LogP contribution in [0.5, 0.6) is 0 Å². The second kappa shape index (κ2) is 598. The maximum absolute atomic E-state index is 0. The second-order valence-electron chi connectivity index (χ2n) is 0. The van der Waals surface area contributed by atoms with Crippen molar-refractivity contribution in [1.29, 1.82) is 0 Å². The summed E-state index contributed by atoms with van der Waals surface area (Å²) in [5.74, 6) is 0. The van der Waals surface area contributed by atoms with Crippen molar-refractivity contribution in [3.05, 3.63) is 0 Å². The van der Waals surface area contributed by atoms with Crippen LogP contribution in [0, 0.1) is 0 Å². The van der Waals surface area contributed by atoms with E-state index >= 15 is 0 Å². The summed E-state index contributed by atoms with van der Waals surface area (Å²) in [7, 11) is 0. The average molecular weight is 555 g/mol. The van der Waals surface area contributed by atoms with E-state index in [1.54, 1.807) is 0 Å². The van der Waals surface area contributed by atoms with Gasteiger partial charge in [-0.1, -0.05) is 0 Å². The Kier molecular flexibility index (Phi) is 23000. The van der Waals surface area contributed by atoms with Crippen LogP contribution >= 0.6 is 0 Å². The van der Waals surface area contributed by atoms with E-state index in [9.17, 15) is 0 Å². The first kappa shape index (κ1) is 693. The van der Waals surface area contributed by atoms with E-state index in [-0.39, 0.29) is 190 Å². The van der Waals surface area contributed by atoms with Crippen molar-refractivity contribution >= 4 is 0 Å². The molecule has 0 atom stereocenters. The van der Waals surface area contributed by atoms with Gasteiger partial charge in [-0.05, 0) is 0 Å². The van der Waals surface area contributed by atoms with Gasteiger partial charge in [-0.3, -0.25) is 0 Å². The summed E-state index contributed by atoms with van der Waals surface area (Å²) in [5.41, 5.74) is 0. The minimum atomic E-state index is 0. The molecule has 0 aromatic carbocycles. The smallest absolute Gasteiger partial charge is 0 e. The molecule has 0 bridgehead atoms. The number of hydrogen-bond donors (Lipinski definition) is 0. The summed E-state index contributed by atoms with van der Waals surface area (Å²) < 4.78 is 0. The predicted octanol–water partition coefficient (Wildman–Crippen LogP) is -9.09. The molecular weight excluding hydrogens is 533 g/mol. The molecule has 0 spiro atoms. The third-order valence-corrected chi connectivity index (χ3v) is 0. The molecule has 0 fully saturated rings. The molecule has 0 aliphatic carbocycles. The molecule has 123 valence electrons. The maximum atomic E-state index is 0. The fraction of sp³-hybridized carbons (Fsp3) is 0. The summed E-state index contributed by atoms with van der Waals surface area (Å²) >= 11 is 0. The van der Waals surface area contributed by atoms with Crippen LogP contribution in [0.1, 0.15) is 0 Å². The molecule has 0 aromatic rings. The Morgan fingerprint density at radius 2 is 0.111 bits per heavy atom. The molecule has 0 amide bonds. The van der Waals surface area contributed by atoms with Crippen LogP contribution in [0.3, 0.4) is 0 Å². The summed E-state index contributed by atoms with van der Waals surface area (Å²) in [6.45, 7) is 0. The minimum Gasteiger partial charge on any atom is -0.412 e. The first-order valence-corrected chi connectivity index (χ1v) is 0. The number of rotatable bonds is 0. The van der Waals surface area contributed by atoms with Gasteiger partial charge in [-0.25, -0.2) is 0 Å². The van der Waals surface area contributed by atoms with Gasteiger partial charge in [0.25, 0.3) is 0 Å². The predicted molar refractivity (Wildman–Crippen MR) is 39.8 cm³/mol. The molecule has 0 aliphatic rings. The van der Waals surface area contributed by atoms with Gasteiger partial charge >= 0.3 is 0 Å². The zero-order valence-corrected chi connectivity index (χ0v) is 18.4. The van der Waals surface area contributed by atoms with Crippen LogP contribution in [0.15, 0.2) is 0 Å². The van der Waals surface area contributed by atoms with Crippen molar-refractivity contribution < 1.29 is 190 Å². The van der Waals surface area contributed by atoms with Crippen LogP contribution in [0.4, 0.5) is 0 Å². The van der Waals surface area contributed by atoms with Gasteiger partial charge in [0.15, 0.2) is 0 Å². The van der Waals surface area contributed by atoms with Gasteiger partial charge in [0.1, 0.15) is 0 Å². The molecule has 18 heteroatoms. The Hall–Kier alpha value is 3.65. The fourth-order valence-electron chi connectivity index (χ4n) is 0. The van der Waals surface area contributed by atoms with Crippen molar-refractivity contribution in [3.63, 3.8) is 0 Å². The van der Waals surface area contributed by atoms with E-state index in [0.29, 0.717) is 0 Å². The van der Waals surface area contributed by atoms with Gasteiger partial charge in [0.05, 0.1) is 0 Å². The zero-order valence-electron chi connectivity index (χ0n) is 8.63. The first-order chi connectivity index (χ1) is 0. The Morgan fingerprint density at radius 3 is 0.111 bits per heavy atom. The van der Waals surface area contributed by atoms with Gasteiger partial charge < -0.3 is 60.2 Å². The van der Waals surface area contributed by atoms with Crippen molar-refractivity contribution in [2.75, 3.05) is 0 Å². The van der Waals surface area contributed by atoms with Crippen LogP contribution < -0.4 is 0 Å². The van der Waals surface area contributed by atoms with Crippen LogP contribution in [0.2, 0.25) is 0 Å². The van der Waals surface area contributed by atoms with Gasteiger partial charge in [0, 0.05) is 130 Å². The molecule has 18 heavy (non-hydrogen) atoms. The Morgan fingerprint density at radius 1 is 0.111 bits per heavy atom. The molecule has 0 saturated carbocycles. The third-order valence-electron chi connectivity index (χ3n) is 0. The summed E-state index contributed by atoms with van der Waals surface area (Å²) in [5, 5.41) is 0. The Labute approximate surface area is 188 Å². The fourth-order valence-corrected chi connectivity index (χ4v) is 0. The monoisotopic (exact) mass is 555 g/mol. The molecule has 0 unspecified atom stereocenters. The normalized spacial score (nSPS) is 0. The number of hydrogen-bond acceptors (Lipinski definition) is 0. The van der Waals surface area contributed by atoms with E-state index in [2.05, 4.69) is 0 Å². The molecule has 7 radical (unpaired) electrons. The molecule has 0 saturated heterocycles. The van der Waals surface area contributed by atoms with Crippen LogP contribution in [-0.2, 0) is 130 Å². The molecule has 0 aromatic heterocycles. The second-order valence-corrected chi connectivity index (χ2v) is 0. The SMILES string of the molecule is O.O.O.O.O.O.O.O.O.O.O.[V].[V].[V].[V].[V].[V].[V]. The topological polar surface area (TPSA) is 346 Å². The third kappa shape index (κ3) is 513. The van der Waals surface area contributed by atoms with Crippen molar-refractivity contribution in [1.82, 2.24) is 0 Å². The van der Waals surface area contributed by atoms with Crippen LogP contribution in [0.25, 0.3) is 0 Å². The van der Waals surface area contributed by atoms with Gasteiger partial charge in [0.2, 0.25) is 0 Å². The van der Waals surface area contributed by atoms with Gasteiger partial charge in [-0.15, -0.1) is 0 Å². The summed E-state index contributed by atoms with van der Waals surface area (Å²) in [4.78, 5) is 0. The molecule has 0 heterocycles. The van der Waals surface area contributed by atoms with Crippen molar-refractivity contribution in [2.45, 2.75) is 0 Å². The largest absolute Gasteiger partial charge is 0.412 e. The molecule has 22 N–H and O–H groups in total. The Balaban J connectivity index is 0. The molecular formula is H22O11V7. The molecule has 11 nitrogen and oxygen atoms in total. The quantitative estimate of drug-likeness (QED) is 0.269. The van der Waals surface area contributed by atoms with Crippen LogP contribution in [-0.4, -0.2) is 60.2 Å². The van der Waals surface area contributed by atoms with Crippen molar-refractivity contribution in [3.8, 4) is 0 Å². The van der Waals surface area contributed by atoms with E-state index < -0.39 is 0 Å².